The highest BCUT2D eigenvalue weighted by Gasteiger charge is 2.40. The van der Waals surface area contributed by atoms with Crippen LogP contribution in [-0.4, -0.2) is 28.1 Å². The van der Waals surface area contributed by atoms with E-state index >= 15 is 0 Å². The van der Waals surface area contributed by atoms with Gasteiger partial charge < -0.3 is 5.11 Å². The van der Waals surface area contributed by atoms with E-state index in [1.165, 1.54) is 12.3 Å². The van der Waals surface area contributed by atoms with Gasteiger partial charge in [-0.05, 0) is 48.7 Å². The first-order chi connectivity index (χ1) is 15.3. The molecule has 7 heteroatoms. The van der Waals surface area contributed by atoms with Gasteiger partial charge in [-0.3, -0.25) is 9.88 Å². The quantitative estimate of drug-likeness (QED) is 0.602. The fourth-order valence-electron chi connectivity index (χ4n) is 4.30. The maximum absolute atomic E-state index is 13.3. The maximum Gasteiger partial charge on any atom is 0.416 e. The number of hydrogen-bond acceptors (Lipinski definition) is 4. The molecule has 1 atom stereocenters. The molecule has 0 spiro atoms. The van der Waals surface area contributed by atoms with Crippen molar-refractivity contribution in [1.29, 1.82) is 5.26 Å². The molecule has 32 heavy (non-hydrogen) atoms. The first kappa shape index (κ1) is 22.0. The van der Waals surface area contributed by atoms with Crippen molar-refractivity contribution in [1.82, 2.24) is 9.88 Å². The molecule has 0 amide bonds. The minimum atomic E-state index is -4.48. The Morgan fingerprint density at radius 2 is 1.75 bits per heavy atom. The van der Waals surface area contributed by atoms with Crippen molar-refractivity contribution in [3.05, 3.63) is 89.1 Å². The summed E-state index contributed by atoms with van der Waals surface area (Å²) in [7, 11) is 0. The molecule has 1 aromatic heterocycles. The molecule has 164 valence electrons. The number of halogens is 3. The number of pyridine rings is 1. The predicted octanol–water partition coefficient (Wildman–Crippen LogP) is 5.12. The van der Waals surface area contributed by atoms with Crippen molar-refractivity contribution >= 4 is 0 Å². The number of rotatable bonds is 5. The monoisotopic (exact) mass is 437 g/mol. The summed E-state index contributed by atoms with van der Waals surface area (Å²) in [6, 6.07) is 17.5. The second-order valence-corrected chi connectivity index (χ2v) is 7.98. The normalized spacial score (nSPS) is 16.5. The number of aromatic nitrogens is 1. The molecule has 4 nitrogen and oxygen atoms in total. The average molecular weight is 437 g/mol. The molecular weight excluding hydrogens is 415 g/mol. The molecule has 1 fully saturated rings. The Morgan fingerprint density at radius 1 is 1.00 bits per heavy atom. The van der Waals surface area contributed by atoms with Crippen LogP contribution >= 0.6 is 0 Å². The topological polar surface area (TPSA) is 60.1 Å². The third-order valence-corrected chi connectivity index (χ3v) is 5.84. The van der Waals surface area contributed by atoms with Crippen LogP contribution in [0.2, 0.25) is 0 Å². The summed E-state index contributed by atoms with van der Waals surface area (Å²) in [6.07, 6.45) is -0.951. The number of aliphatic hydroxyl groups is 1. The van der Waals surface area contributed by atoms with Crippen molar-refractivity contribution in [3.63, 3.8) is 0 Å². The predicted molar refractivity (Wildman–Crippen MR) is 114 cm³/mol. The average Bonchev–Trinajstić information content (AvgIpc) is 3.34. The molecule has 0 bridgehead atoms. The number of nitriles is 1. The number of hydrogen-bond donors (Lipinski definition) is 1. The molecule has 1 unspecified atom stereocenters. The summed E-state index contributed by atoms with van der Waals surface area (Å²) >= 11 is 0. The Bertz CT molecular complexity index is 1150. The number of alkyl halides is 3. The van der Waals surface area contributed by atoms with Crippen LogP contribution < -0.4 is 0 Å². The number of nitrogens with zero attached hydrogens (tertiary/aromatic N) is 3. The highest BCUT2D eigenvalue weighted by atomic mass is 19.4. The molecule has 1 saturated heterocycles. The van der Waals surface area contributed by atoms with Crippen LogP contribution in [0.4, 0.5) is 13.2 Å². The standard InChI is InChI=1S/C25H22F3N3O/c26-25(27,28)21-9-4-8-20(15-21)23-22(10-5-11-30-23)24(32,31-12-1-2-13-31)16-18-6-3-7-19(14-18)17-29/h3-11,14-15,32H,1-2,12-13,16H2. The van der Waals surface area contributed by atoms with Crippen LogP contribution in [-0.2, 0) is 18.3 Å². The van der Waals surface area contributed by atoms with Gasteiger partial charge in [-0.2, -0.15) is 18.4 Å². The molecular formula is C25H22F3N3O. The Morgan fingerprint density at radius 3 is 2.47 bits per heavy atom. The highest BCUT2D eigenvalue weighted by Crippen LogP contribution is 2.39. The molecule has 0 saturated carbocycles. The Balaban J connectivity index is 1.84. The third kappa shape index (κ3) is 4.38. The van der Waals surface area contributed by atoms with E-state index in [0.29, 0.717) is 35.5 Å². The van der Waals surface area contributed by atoms with Crippen LogP contribution in [0.3, 0.4) is 0 Å². The Hall–Kier alpha value is -3.21. The molecule has 3 aromatic rings. The molecule has 4 rings (SSSR count). The summed E-state index contributed by atoms with van der Waals surface area (Å²) < 4.78 is 40.0. The van der Waals surface area contributed by atoms with Crippen LogP contribution in [0.1, 0.15) is 35.1 Å². The van der Waals surface area contributed by atoms with Crippen LogP contribution in [0.5, 0.6) is 0 Å². The van der Waals surface area contributed by atoms with Crippen LogP contribution in [0, 0.1) is 11.3 Å². The summed E-state index contributed by atoms with van der Waals surface area (Å²) in [5.74, 6) is 0. The summed E-state index contributed by atoms with van der Waals surface area (Å²) in [5, 5.41) is 21.3. The number of likely N-dealkylation sites (tertiary alicyclic amines) is 1. The second kappa shape index (κ2) is 8.73. The van der Waals surface area contributed by atoms with E-state index in [1.54, 1.807) is 36.4 Å². The van der Waals surface area contributed by atoms with Gasteiger partial charge >= 0.3 is 6.18 Å². The zero-order valence-electron chi connectivity index (χ0n) is 17.3. The van der Waals surface area contributed by atoms with E-state index in [2.05, 4.69) is 11.1 Å². The Kier molecular flexibility index (Phi) is 6.00. The third-order valence-electron chi connectivity index (χ3n) is 5.84. The molecule has 1 aliphatic rings. The van der Waals surface area contributed by atoms with Crippen molar-refractivity contribution in [2.24, 2.45) is 0 Å². The van der Waals surface area contributed by atoms with E-state index in [-0.39, 0.29) is 6.42 Å². The fourth-order valence-corrected chi connectivity index (χ4v) is 4.30. The van der Waals surface area contributed by atoms with Gasteiger partial charge in [0.25, 0.3) is 0 Å². The first-order valence-corrected chi connectivity index (χ1v) is 10.4. The number of benzene rings is 2. The largest absolute Gasteiger partial charge is 0.416 e. The lowest BCUT2D eigenvalue weighted by Gasteiger charge is -2.38. The summed E-state index contributed by atoms with van der Waals surface area (Å²) in [6.45, 7) is 1.32. The van der Waals surface area contributed by atoms with Crippen molar-refractivity contribution in [3.8, 4) is 17.3 Å². The van der Waals surface area contributed by atoms with E-state index in [9.17, 15) is 23.5 Å². The van der Waals surface area contributed by atoms with Gasteiger partial charge in [-0.1, -0.05) is 30.3 Å². The fraction of sp³-hybridized carbons (Fsp3) is 0.280. The van der Waals surface area contributed by atoms with Crippen molar-refractivity contribution in [2.45, 2.75) is 31.2 Å². The van der Waals surface area contributed by atoms with Gasteiger partial charge in [-0.15, -0.1) is 0 Å². The van der Waals surface area contributed by atoms with Gasteiger partial charge in [0.15, 0.2) is 5.72 Å². The lowest BCUT2D eigenvalue weighted by atomic mass is 9.89. The van der Waals surface area contributed by atoms with Gasteiger partial charge in [0.1, 0.15) is 0 Å². The minimum Gasteiger partial charge on any atom is -0.371 e. The molecule has 1 N–H and O–H groups in total. The first-order valence-electron chi connectivity index (χ1n) is 10.4. The van der Waals surface area contributed by atoms with E-state index in [1.807, 2.05) is 11.0 Å². The Labute approximate surface area is 184 Å². The minimum absolute atomic E-state index is 0.181. The van der Waals surface area contributed by atoms with Gasteiger partial charge in [0, 0.05) is 36.8 Å². The van der Waals surface area contributed by atoms with Gasteiger partial charge in [-0.25, -0.2) is 0 Å². The van der Waals surface area contributed by atoms with Crippen LogP contribution in [0.25, 0.3) is 11.3 Å². The maximum atomic E-state index is 13.3. The SMILES string of the molecule is N#Cc1cccc(CC(O)(c2cccnc2-c2cccc(C(F)(F)F)c2)N2CCCC2)c1. The van der Waals surface area contributed by atoms with E-state index in [0.717, 1.165) is 30.5 Å². The summed E-state index contributed by atoms with van der Waals surface area (Å²) in [5.41, 5.74) is 0.0420. The molecule has 1 aliphatic heterocycles. The van der Waals surface area contributed by atoms with Gasteiger partial charge in [0.05, 0.1) is 22.9 Å². The molecule has 0 aliphatic carbocycles. The van der Waals surface area contributed by atoms with Crippen LogP contribution in [0.15, 0.2) is 66.9 Å². The van der Waals surface area contributed by atoms with E-state index in [4.69, 9.17) is 0 Å². The second-order valence-electron chi connectivity index (χ2n) is 7.98. The molecule has 0 radical (unpaired) electrons. The zero-order chi connectivity index (χ0) is 22.8. The smallest absolute Gasteiger partial charge is 0.371 e. The van der Waals surface area contributed by atoms with Gasteiger partial charge in [0.2, 0.25) is 0 Å². The van der Waals surface area contributed by atoms with E-state index < -0.39 is 17.5 Å². The molecule has 2 heterocycles. The highest BCUT2D eigenvalue weighted by molar-refractivity contribution is 5.65. The zero-order valence-corrected chi connectivity index (χ0v) is 17.3. The lowest BCUT2D eigenvalue weighted by Crippen LogP contribution is -2.46. The lowest BCUT2D eigenvalue weighted by molar-refractivity contribution is -0.137. The van der Waals surface area contributed by atoms with Crippen molar-refractivity contribution < 1.29 is 18.3 Å². The summed E-state index contributed by atoms with van der Waals surface area (Å²) in [4.78, 5) is 6.32. The van der Waals surface area contributed by atoms with Crippen molar-refractivity contribution in [2.75, 3.05) is 13.1 Å². The molecule has 2 aromatic carbocycles.